The lowest BCUT2D eigenvalue weighted by atomic mass is 9.78. The highest BCUT2D eigenvalue weighted by molar-refractivity contribution is 6.06. The van der Waals surface area contributed by atoms with Crippen LogP contribution in [-0.4, -0.2) is 129 Å². The molecule has 0 saturated heterocycles. The second-order valence-electron chi connectivity index (χ2n) is 39.2. The Morgan fingerprint density at radius 3 is 1.03 bits per heavy atom. The summed E-state index contributed by atoms with van der Waals surface area (Å²) in [6, 6.07) is 35.0. The number of nitrogens with zero attached hydrogens (tertiary/aromatic N) is 16. The van der Waals surface area contributed by atoms with Gasteiger partial charge in [-0.15, -0.1) is 0 Å². The Morgan fingerprint density at radius 2 is 0.712 bits per heavy atom. The molecule has 33 nitrogen and oxygen atoms in total. The van der Waals surface area contributed by atoms with E-state index >= 15 is 0 Å². The minimum Gasteiger partial charge on any atom is -0.393 e. The highest BCUT2D eigenvalue weighted by Crippen LogP contribution is 2.48. The highest BCUT2D eigenvalue weighted by atomic mass is 19.1. The monoisotopic (exact) mass is 1960 g/mol. The Kier molecular flexibility index (Phi) is 27.9. The molecule has 0 spiro atoms. The lowest BCUT2D eigenvalue weighted by molar-refractivity contribution is -0.132. The zero-order valence-electron chi connectivity index (χ0n) is 81.7. The number of nitrogens with one attached hydrogen (secondary N) is 5. The number of Topliss-reactive ketones (excluding diaryl/α,β-unsaturated/α-hetero) is 1. The van der Waals surface area contributed by atoms with Crippen molar-refractivity contribution < 1.29 is 42.7 Å². The number of aryl methyl sites for hydroxylation is 5. The summed E-state index contributed by atoms with van der Waals surface area (Å²) in [4.78, 5) is 135. The topological polar surface area (TPSA) is 541 Å². The summed E-state index contributed by atoms with van der Waals surface area (Å²) in [6.07, 6.45) is 29.5. The summed E-state index contributed by atoms with van der Waals surface area (Å²) in [7, 11) is 0. The van der Waals surface area contributed by atoms with Crippen LogP contribution in [0.1, 0.15) is 167 Å². The standard InChI is InChI=1S/C25H26N4O3.2C23H22N6O.2C20H20FN5O/c1-2-13-5-3-4-6-17(13)21-9-14-10-22(27-12-20(14)24(26)28-21)29-25(32)19-11-18(19)23(31)15-7-16(30)8-15;2*1-12-3-2-4-15-17(12)9-26-10-19(15)20-6-13-7-21(27-11-18(13)22(25)28-20)29-23(30)16-5-14(16)8-24;2*1-3-12-6-13(10(2)8-23-12)17-4-11-5-18(24-9-15(11)19(22)25-17)26-20(27)14-7-16(14)21/h3-6,9-10,12,15-16,18-19,30H,2,7-8,11H2,1H3,(H2,26,28)(H,27,29,32);2*6-7,9-12,14,16H,2-5H2,1H3,(H2,25,28)(H,27,29,30);2*4-6,8-9,14,16H,3,7H2,1-2H3,(H2,22,25)(H,24,26,27)/t15?,16?,18-,19-;2*12?,14-,16+;2*14-,16+/m01010/s1. The van der Waals surface area contributed by atoms with E-state index in [2.05, 4.69) is 135 Å². The lowest BCUT2D eigenvalue weighted by Crippen LogP contribution is -2.35. The third-order valence-corrected chi connectivity index (χ3v) is 28.9. The highest BCUT2D eigenvalue weighted by Gasteiger charge is 2.52. The zero-order chi connectivity index (χ0) is 102. The fourth-order valence-corrected chi connectivity index (χ4v) is 19.5. The van der Waals surface area contributed by atoms with E-state index in [9.17, 15) is 42.7 Å². The molecule has 6 fully saturated rings. The van der Waals surface area contributed by atoms with Gasteiger partial charge < -0.3 is 60.4 Å². The van der Waals surface area contributed by atoms with E-state index in [0.717, 1.165) is 167 Å². The van der Waals surface area contributed by atoms with Crippen LogP contribution in [0.4, 0.5) is 67.0 Å². The van der Waals surface area contributed by atoms with E-state index in [1.54, 1.807) is 49.2 Å². The smallest absolute Gasteiger partial charge is 0.231 e. The number of rotatable bonds is 20. The molecule has 2 unspecified atom stereocenters. The maximum absolute atomic E-state index is 13.1. The maximum atomic E-state index is 13.1. The number of ketones is 1. The summed E-state index contributed by atoms with van der Waals surface area (Å²) < 4.78 is 26.1. The number of nitriles is 2. The van der Waals surface area contributed by atoms with Gasteiger partial charge in [0.2, 0.25) is 29.5 Å². The predicted octanol–water partition coefficient (Wildman–Crippen LogP) is 17.9. The van der Waals surface area contributed by atoms with Gasteiger partial charge in [-0.05, 0) is 267 Å². The SMILES string of the molecule is CC1CCCc2c(-c3cc4cc(NC(=O)[C@@H]5C[C@H]5C#N)ncc4c(N)n3)cncc21.CC1CCCc2c(-c3cc4cc(NC(=O)[C@H]5C[C@@H]5C#N)ncc4c(N)n3)cncc21.CCc1cc(-c2cc3cc(NC(=O)[C@@H]4C[C@@H]4F)ncc3c(N)n2)c(C)cn1.CCc1cc(-c2cc3cc(NC(=O)[C@H]4C[C@H]4F)ncc3c(N)n2)c(C)cn1.CCc1ccccc1-c1cc2cc(NC(=O)[C@H]3C[C@@H]3C(=O)C3CC(O)C3)ncc2c(N)n1. The van der Waals surface area contributed by atoms with E-state index < -0.39 is 24.2 Å². The molecule has 0 radical (unpaired) electrons. The minimum atomic E-state index is -1.04. The largest absolute Gasteiger partial charge is 0.393 e. The lowest BCUT2D eigenvalue weighted by Gasteiger charge is -2.30. The average Bonchev–Trinajstić information content (AvgIpc) is 1.69. The molecule has 8 aliphatic carbocycles. The number of hydrogen-bond donors (Lipinski definition) is 11. The average molecular weight is 1960 g/mol. The summed E-state index contributed by atoms with van der Waals surface area (Å²) in [5.41, 5.74) is 50.2. The Hall–Kier alpha value is -16.6. The quantitative estimate of drug-likeness (QED) is 0.0337. The van der Waals surface area contributed by atoms with Gasteiger partial charge in [-0.2, -0.15) is 10.5 Å². The Labute approximate surface area is 839 Å². The number of anilines is 10. The van der Waals surface area contributed by atoms with Crippen molar-refractivity contribution in [1.82, 2.24) is 69.8 Å². The molecule has 35 heteroatoms. The van der Waals surface area contributed by atoms with Crippen LogP contribution in [0.2, 0.25) is 0 Å². The van der Waals surface area contributed by atoms with Crippen molar-refractivity contribution in [3.63, 3.8) is 0 Å². The van der Waals surface area contributed by atoms with Gasteiger partial charge in [0.15, 0.2) is 0 Å². The first-order valence-corrected chi connectivity index (χ1v) is 49.6. The number of aliphatic hydroxyl groups is 1. The predicted molar refractivity (Wildman–Crippen MR) is 557 cm³/mol. The number of fused-ring (bicyclic) bond motifs is 7. The molecule has 12 atom stereocenters. The van der Waals surface area contributed by atoms with Crippen LogP contribution in [0.25, 0.3) is 110 Å². The third kappa shape index (κ3) is 21.3. The molecule has 1 aromatic carbocycles. The number of aliphatic hydroxyl groups excluding tert-OH is 1. The number of carbonyl (C=O) groups is 6. The zero-order valence-corrected chi connectivity index (χ0v) is 81.7. The van der Waals surface area contributed by atoms with Crippen LogP contribution >= 0.6 is 0 Å². The molecule has 6 saturated carbocycles. The van der Waals surface area contributed by atoms with Crippen LogP contribution in [0.15, 0.2) is 165 Å². The van der Waals surface area contributed by atoms with Gasteiger partial charge >= 0.3 is 0 Å². The summed E-state index contributed by atoms with van der Waals surface area (Å²) in [5.74, 6) is 1.33. The molecule has 0 bridgehead atoms. The Bertz CT molecular complexity index is 7510. The van der Waals surface area contributed by atoms with Gasteiger partial charge in [0.05, 0.1) is 82.2 Å². The number of alkyl halides is 2. The van der Waals surface area contributed by atoms with Gasteiger partial charge in [0.1, 0.15) is 76.3 Å². The molecule has 5 amide bonds. The molecule has 146 heavy (non-hydrogen) atoms. The number of amides is 5. The summed E-state index contributed by atoms with van der Waals surface area (Å²) in [6.45, 7) is 14.6. The van der Waals surface area contributed by atoms with Crippen molar-refractivity contribution in [3.8, 4) is 68.4 Å². The van der Waals surface area contributed by atoms with E-state index in [-0.39, 0.29) is 95.7 Å². The molecular formula is C111H110F2N26O7. The van der Waals surface area contributed by atoms with Crippen molar-refractivity contribution in [3.05, 3.63) is 216 Å². The molecule has 14 aromatic heterocycles. The fraction of sp³-hybridized carbons (Fsp3) is 0.333. The molecule has 740 valence electrons. The van der Waals surface area contributed by atoms with E-state index in [1.807, 2.05) is 138 Å². The maximum Gasteiger partial charge on any atom is 0.231 e. The van der Waals surface area contributed by atoms with Crippen molar-refractivity contribution in [2.24, 2.45) is 53.3 Å². The van der Waals surface area contributed by atoms with Crippen molar-refractivity contribution >= 4 is 147 Å². The first-order chi connectivity index (χ1) is 70.4. The number of hydrogen-bond acceptors (Lipinski definition) is 28. The van der Waals surface area contributed by atoms with Crippen LogP contribution in [0.5, 0.6) is 0 Å². The number of nitrogen functional groups attached to an aromatic ring is 5. The van der Waals surface area contributed by atoms with E-state index in [0.29, 0.717) is 113 Å². The Morgan fingerprint density at radius 1 is 0.384 bits per heavy atom. The first-order valence-electron chi connectivity index (χ1n) is 49.6. The van der Waals surface area contributed by atoms with Crippen LogP contribution in [0.3, 0.4) is 0 Å². The number of nitrogens with two attached hydrogens (primary N) is 5. The summed E-state index contributed by atoms with van der Waals surface area (Å²) >= 11 is 0. The second kappa shape index (κ2) is 41.4. The first kappa shape index (κ1) is 98.2. The van der Waals surface area contributed by atoms with Crippen LogP contribution in [-0.2, 0) is 60.9 Å². The molecule has 14 heterocycles. The molecule has 8 aliphatic rings. The Balaban J connectivity index is 0.000000115. The second-order valence-corrected chi connectivity index (χ2v) is 39.2. The molecular weight excluding hydrogens is 1850 g/mol. The van der Waals surface area contributed by atoms with E-state index in [1.165, 1.54) is 40.7 Å². The fourth-order valence-electron chi connectivity index (χ4n) is 19.5. The van der Waals surface area contributed by atoms with Crippen LogP contribution in [0, 0.1) is 89.8 Å². The molecule has 15 aromatic rings. The third-order valence-electron chi connectivity index (χ3n) is 28.9. The van der Waals surface area contributed by atoms with Gasteiger partial charge in [-0.3, -0.25) is 48.7 Å². The van der Waals surface area contributed by atoms with Gasteiger partial charge in [-0.25, -0.2) is 58.6 Å². The molecule has 16 N–H and O–H groups in total. The molecule has 0 aliphatic heterocycles. The number of pyridine rings is 14. The van der Waals surface area contributed by atoms with Gasteiger partial charge in [0.25, 0.3) is 0 Å². The number of aromatic nitrogens is 14. The van der Waals surface area contributed by atoms with Crippen molar-refractivity contribution in [2.45, 2.75) is 181 Å². The van der Waals surface area contributed by atoms with Gasteiger partial charge in [0, 0.05) is 152 Å². The molecule has 23 rings (SSSR count). The summed E-state index contributed by atoms with van der Waals surface area (Å²) in [5, 5.41) is 48.9. The number of halogens is 2. The number of carbonyl (C=O) groups excluding carboxylic acids is 6. The van der Waals surface area contributed by atoms with E-state index in [4.69, 9.17) is 39.2 Å². The van der Waals surface area contributed by atoms with Crippen LogP contribution < -0.4 is 55.3 Å². The number of benzene rings is 1. The minimum absolute atomic E-state index is 0.0912. The van der Waals surface area contributed by atoms with Crippen molar-refractivity contribution in [1.29, 1.82) is 10.5 Å². The van der Waals surface area contributed by atoms with Gasteiger partial charge in [-0.1, -0.05) is 58.9 Å². The van der Waals surface area contributed by atoms with Crippen molar-refractivity contribution in [2.75, 3.05) is 55.3 Å². The normalized spacial score (nSPS) is 21.2.